The van der Waals surface area contributed by atoms with Crippen molar-refractivity contribution in [3.8, 4) is 34.4 Å². The van der Waals surface area contributed by atoms with Crippen LogP contribution in [0.1, 0.15) is 58.8 Å². The quantitative estimate of drug-likeness (QED) is 0.135. The number of nitrogens with zero attached hydrogens (tertiary/aromatic N) is 3. The van der Waals surface area contributed by atoms with Crippen molar-refractivity contribution in [1.29, 1.82) is 5.26 Å². The number of rotatable bonds is 13. The number of aldehydes is 1. The molecule has 7 nitrogen and oxygen atoms in total. The Labute approximate surface area is 274 Å². The summed E-state index contributed by atoms with van der Waals surface area (Å²) in [6.45, 7) is 7.85. The summed E-state index contributed by atoms with van der Waals surface area (Å²) in [4.78, 5) is 18.3. The fraction of sp³-hybridized carbons (Fsp3) is 0.306. The van der Waals surface area contributed by atoms with Crippen LogP contribution in [0, 0.1) is 18.3 Å². The zero-order valence-electron chi connectivity index (χ0n) is 25.4. The van der Waals surface area contributed by atoms with Crippen LogP contribution in [-0.2, 0) is 13.2 Å². The number of halogens is 2. The number of nitriles is 1. The molecule has 1 saturated heterocycles. The van der Waals surface area contributed by atoms with Crippen LogP contribution in [0.2, 0.25) is 10.0 Å². The van der Waals surface area contributed by atoms with E-state index in [-0.39, 0.29) is 29.9 Å². The molecule has 2 heterocycles. The van der Waals surface area contributed by atoms with E-state index in [1.54, 1.807) is 18.3 Å². The van der Waals surface area contributed by atoms with Crippen LogP contribution in [0.25, 0.3) is 11.1 Å². The summed E-state index contributed by atoms with van der Waals surface area (Å²) in [6, 6.07) is 18.7. The van der Waals surface area contributed by atoms with Gasteiger partial charge in [-0.3, -0.25) is 9.78 Å². The van der Waals surface area contributed by atoms with Gasteiger partial charge in [0.25, 0.3) is 0 Å². The molecule has 45 heavy (non-hydrogen) atoms. The van der Waals surface area contributed by atoms with E-state index in [4.69, 9.17) is 42.7 Å². The van der Waals surface area contributed by atoms with Crippen molar-refractivity contribution in [3.05, 3.63) is 105 Å². The number of likely N-dealkylation sites (tertiary alicyclic amines) is 1. The van der Waals surface area contributed by atoms with E-state index < -0.39 is 0 Å². The third-order valence-electron chi connectivity index (χ3n) is 7.97. The zero-order valence-corrected chi connectivity index (χ0v) is 26.9. The van der Waals surface area contributed by atoms with E-state index >= 15 is 0 Å². The Morgan fingerprint density at radius 1 is 0.978 bits per heavy atom. The Balaban J connectivity index is 1.29. The molecule has 0 radical (unpaired) electrons. The monoisotopic (exact) mass is 643 g/mol. The molecule has 3 aromatic carbocycles. The first kappa shape index (κ1) is 32.3. The Morgan fingerprint density at radius 3 is 2.51 bits per heavy atom. The van der Waals surface area contributed by atoms with Crippen LogP contribution < -0.4 is 14.2 Å². The summed E-state index contributed by atoms with van der Waals surface area (Å²) in [6.07, 6.45) is 7.30. The maximum Gasteiger partial charge on any atom is 0.153 e. The van der Waals surface area contributed by atoms with Gasteiger partial charge in [0.05, 0.1) is 27.3 Å². The first-order valence-electron chi connectivity index (χ1n) is 15.0. The molecule has 0 aliphatic carbocycles. The van der Waals surface area contributed by atoms with Crippen LogP contribution in [0.4, 0.5) is 0 Å². The lowest BCUT2D eigenvalue weighted by molar-refractivity contribution is 0.111. The van der Waals surface area contributed by atoms with Gasteiger partial charge in [-0.05, 0) is 81.1 Å². The number of hydrogen-bond donors (Lipinski definition) is 0. The smallest absolute Gasteiger partial charge is 0.153 e. The molecule has 0 spiro atoms. The number of pyridine rings is 1. The molecule has 1 fully saturated rings. The number of aromatic nitrogens is 1. The van der Waals surface area contributed by atoms with Crippen molar-refractivity contribution in [2.75, 3.05) is 19.6 Å². The Morgan fingerprint density at radius 2 is 1.73 bits per heavy atom. The van der Waals surface area contributed by atoms with Gasteiger partial charge in [0.15, 0.2) is 6.29 Å². The average molecular weight is 645 g/mol. The highest BCUT2D eigenvalue weighted by atomic mass is 35.5. The number of carbonyl (C=O) groups excluding carboxylic acids is 1. The van der Waals surface area contributed by atoms with E-state index in [1.807, 2.05) is 43.3 Å². The highest BCUT2D eigenvalue weighted by Crippen LogP contribution is 2.39. The summed E-state index contributed by atoms with van der Waals surface area (Å²) in [5, 5.41) is 10.0. The molecule has 0 unspecified atom stereocenters. The number of hydrogen-bond acceptors (Lipinski definition) is 7. The van der Waals surface area contributed by atoms with Crippen molar-refractivity contribution in [2.24, 2.45) is 0 Å². The highest BCUT2D eigenvalue weighted by Gasteiger charge is 2.18. The van der Waals surface area contributed by atoms with Crippen molar-refractivity contribution < 1.29 is 19.0 Å². The Hall–Kier alpha value is -4.09. The average Bonchev–Trinajstić information content (AvgIpc) is 3.58. The summed E-state index contributed by atoms with van der Waals surface area (Å²) in [5.41, 5.74) is 5.24. The third-order valence-corrected chi connectivity index (χ3v) is 8.66. The second kappa shape index (κ2) is 15.3. The van der Waals surface area contributed by atoms with Gasteiger partial charge in [0.1, 0.15) is 36.5 Å². The van der Waals surface area contributed by atoms with Crippen molar-refractivity contribution >= 4 is 29.5 Å². The first-order chi connectivity index (χ1) is 21.9. The van der Waals surface area contributed by atoms with Crippen LogP contribution in [0.5, 0.6) is 17.2 Å². The van der Waals surface area contributed by atoms with Gasteiger partial charge in [-0.1, -0.05) is 53.5 Å². The van der Waals surface area contributed by atoms with Crippen molar-refractivity contribution in [1.82, 2.24) is 9.88 Å². The molecule has 0 N–H and O–H groups in total. The zero-order chi connectivity index (χ0) is 31.8. The highest BCUT2D eigenvalue weighted by molar-refractivity contribution is 6.35. The van der Waals surface area contributed by atoms with Gasteiger partial charge in [0, 0.05) is 36.1 Å². The largest absolute Gasteiger partial charge is 0.489 e. The van der Waals surface area contributed by atoms with Crippen molar-refractivity contribution in [3.63, 3.8) is 0 Å². The molecule has 1 aliphatic rings. The molecule has 1 aromatic heterocycles. The topological polar surface area (TPSA) is 84.7 Å². The number of ether oxygens (including phenoxy) is 3. The normalized spacial score (nSPS) is 13.7. The fourth-order valence-electron chi connectivity index (χ4n) is 5.41. The molecular formula is C36H35Cl2N3O4. The van der Waals surface area contributed by atoms with Gasteiger partial charge >= 0.3 is 0 Å². The minimum atomic E-state index is 0.0442. The lowest BCUT2D eigenvalue weighted by atomic mass is 9.96. The van der Waals surface area contributed by atoms with Gasteiger partial charge in [-0.15, -0.1) is 0 Å². The molecule has 0 saturated carbocycles. The minimum Gasteiger partial charge on any atom is -0.489 e. The standard InChI is InChI=1S/C36H35Cl2N3O4/c1-24(11-14-41-12-3-4-13-41)45-33-10-6-9-31(36(33)38)30-8-5-7-28(25(30)2)23-44-35-17-34(29(21-42)16-32(35)37)43-22-27-15-26(18-39)19-40-20-27/h5-10,15-17,19-21,24H,3-4,11-14,22-23H2,1-2H3/t24-/m1/s1. The number of carbonyl (C=O) groups is 1. The third kappa shape index (κ3) is 8.15. The molecule has 9 heteroatoms. The summed E-state index contributed by atoms with van der Waals surface area (Å²) < 4.78 is 18.4. The van der Waals surface area contributed by atoms with E-state index in [0.717, 1.165) is 35.2 Å². The van der Waals surface area contributed by atoms with E-state index in [2.05, 4.69) is 22.9 Å². The van der Waals surface area contributed by atoms with Gasteiger partial charge in [-0.2, -0.15) is 5.26 Å². The van der Waals surface area contributed by atoms with Gasteiger partial charge in [0.2, 0.25) is 0 Å². The molecule has 1 atom stereocenters. The minimum absolute atomic E-state index is 0.0442. The van der Waals surface area contributed by atoms with E-state index in [0.29, 0.717) is 39.7 Å². The number of benzene rings is 3. The maximum absolute atomic E-state index is 11.7. The van der Waals surface area contributed by atoms with Crippen LogP contribution in [0.15, 0.2) is 67.0 Å². The Kier molecular flexibility index (Phi) is 11.0. The van der Waals surface area contributed by atoms with E-state index in [9.17, 15) is 4.79 Å². The van der Waals surface area contributed by atoms with Crippen LogP contribution in [0.3, 0.4) is 0 Å². The maximum atomic E-state index is 11.7. The molecule has 4 aromatic rings. The van der Waals surface area contributed by atoms with Gasteiger partial charge < -0.3 is 19.1 Å². The molecule has 232 valence electrons. The summed E-state index contributed by atoms with van der Waals surface area (Å²) in [7, 11) is 0. The Bertz CT molecular complexity index is 1700. The molecule has 1 aliphatic heterocycles. The summed E-state index contributed by atoms with van der Waals surface area (Å²) >= 11 is 13.4. The summed E-state index contributed by atoms with van der Waals surface area (Å²) in [5.74, 6) is 1.37. The van der Waals surface area contributed by atoms with Gasteiger partial charge in [-0.25, -0.2) is 0 Å². The molecule has 5 rings (SSSR count). The molecular weight excluding hydrogens is 609 g/mol. The predicted octanol–water partition coefficient (Wildman–Crippen LogP) is 8.46. The second-order valence-corrected chi connectivity index (χ2v) is 12.0. The van der Waals surface area contributed by atoms with Crippen LogP contribution in [-0.4, -0.2) is 41.9 Å². The van der Waals surface area contributed by atoms with Crippen LogP contribution >= 0.6 is 23.2 Å². The van der Waals surface area contributed by atoms with Crippen molar-refractivity contribution in [2.45, 2.75) is 52.4 Å². The second-order valence-electron chi connectivity index (χ2n) is 11.2. The lowest BCUT2D eigenvalue weighted by Crippen LogP contribution is -2.25. The molecule has 0 bridgehead atoms. The fourth-order valence-corrected chi connectivity index (χ4v) is 5.91. The first-order valence-corrected chi connectivity index (χ1v) is 15.8. The molecule has 0 amide bonds. The SMILES string of the molecule is Cc1c(COc2cc(OCc3cncc(C#N)c3)c(C=O)cc2Cl)cccc1-c1cccc(O[C@H](C)CCN2CCCC2)c1Cl. The predicted molar refractivity (Wildman–Crippen MR) is 176 cm³/mol. The lowest BCUT2D eigenvalue weighted by Gasteiger charge is -2.21. The van der Waals surface area contributed by atoms with E-state index in [1.165, 1.54) is 38.2 Å².